The summed E-state index contributed by atoms with van der Waals surface area (Å²) in [5, 5.41) is 17.4. The molecule has 0 amide bonds. The first-order valence-electron chi connectivity index (χ1n) is 3.51. The Bertz CT molecular complexity index is 382. The molecule has 0 spiro atoms. The minimum absolute atomic E-state index is 0.216. The maximum atomic E-state index is 10.7. The van der Waals surface area contributed by atoms with Gasteiger partial charge in [-0.25, -0.2) is 4.79 Å². The highest BCUT2D eigenvalue weighted by atomic mass is 127. The highest BCUT2D eigenvalue weighted by Crippen LogP contribution is 2.15. The molecule has 0 aliphatic carbocycles. The minimum atomic E-state index is -0.983. The van der Waals surface area contributed by atoms with E-state index in [-0.39, 0.29) is 5.56 Å². The molecule has 0 atom stereocenters. The summed E-state index contributed by atoms with van der Waals surface area (Å²) >= 11 is 2.09. The first-order chi connectivity index (χ1) is 6.19. The molecule has 1 aromatic rings. The van der Waals surface area contributed by atoms with Crippen LogP contribution in [-0.4, -0.2) is 11.1 Å². The Balaban J connectivity index is 3.28. The second-order valence-corrected chi connectivity index (χ2v) is 3.19. The van der Waals surface area contributed by atoms with Gasteiger partial charge in [0.05, 0.1) is 17.2 Å². The smallest absolute Gasteiger partial charge is 0.336 e. The number of nitrogens with zero attached hydrogens (tertiary/aromatic N) is 1. The summed E-state index contributed by atoms with van der Waals surface area (Å²) in [5.74, 6) is -0.983. The van der Waals surface area contributed by atoms with Gasteiger partial charge in [0.15, 0.2) is 0 Å². The fraction of sp³-hybridized carbons (Fsp3) is 0.111. The first-order valence-corrected chi connectivity index (χ1v) is 5.04. The van der Waals surface area contributed by atoms with E-state index < -0.39 is 5.97 Å². The van der Waals surface area contributed by atoms with Crippen LogP contribution in [0.4, 0.5) is 0 Å². The molecule has 4 heteroatoms. The third kappa shape index (κ3) is 2.18. The lowest BCUT2D eigenvalue weighted by Crippen LogP contribution is -2.01. The summed E-state index contributed by atoms with van der Waals surface area (Å²) < 4.78 is 0.630. The highest BCUT2D eigenvalue weighted by molar-refractivity contribution is 14.1. The number of hydrogen-bond donors (Lipinski definition) is 1. The number of hydrogen-bond acceptors (Lipinski definition) is 2. The van der Waals surface area contributed by atoms with Crippen molar-refractivity contribution in [1.29, 1.82) is 5.26 Å². The average Bonchev–Trinajstić information content (AvgIpc) is 2.16. The molecule has 0 aliphatic rings. The molecule has 0 heterocycles. The third-order valence-corrected chi connectivity index (χ3v) is 2.44. The van der Waals surface area contributed by atoms with Crippen LogP contribution in [0.1, 0.15) is 21.5 Å². The zero-order valence-electron chi connectivity index (χ0n) is 6.62. The zero-order valence-corrected chi connectivity index (χ0v) is 8.78. The normalized spacial score (nSPS) is 9.23. The Kier molecular flexibility index (Phi) is 3.25. The molecule has 13 heavy (non-hydrogen) atoms. The predicted molar refractivity (Wildman–Crippen MR) is 55.8 cm³/mol. The van der Waals surface area contributed by atoms with E-state index in [2.05, 4.69) is 22.6 Å². The van der Waals surface area contributed by atoms with Gasteiger partial charge >= 0.3 is 5.97 Å². The number of rotatable bonds is 2. The van der Waals surface area contributed by atoms with Crippen LogP contribution in [0, 0.1) is 11.3 Å². The van der Waals surface area contributed by atoms with Crippen LogP contribution in [0.15, 0.2) is 18.2 Å². The second kappa shape index (κ2) is 4.23. The molecule has 0 saturated carbocycles. The number of nitriles is 1. The molecule has 0 fully saturated rings. The van der Waals surface area contributed by atoms with Crippen molar-refractivity contribution >= 4 is 28.6 Å². The standard InChI is InChI=1S/C9H6INO2/c10-4-7-2-1-6(5-11)3-8(7)9(12)13/h1-3H,4H2,(H,12,13). The molecule has 0 radical (unpaired) electrons. The Hall–Kier alpha value is -1.09. The number of aromatic carboxylic acids is 1. The molecule has 0 aliphatic heterocycles. The Labute approximate surface area is 89.1 Å². The maximum absolute atomic E-state index is 10.7. The summed E-state index contributed by atoms with van der Waals surface area (Å²) in [6.45, 7) is 0. The van der Waals surface area contributed by atoms with E-state index in [1.807, 2.05) is 6.07 Å². The van der Waals surface area contributed by atoms with E-state index in [1.54, 1.807) is 12.1 Å². The number of carboxylic acids is 1. The minimum Gasteiger partial charge on any atom is -0.478 e. The van der Waals surface area contributed by atoms with Crippen LogP contribution in [0.3, 0.4) is 0 Å². The number of benzene rings is 1. The van der Waals surface area contributed by atoms with Crippen LogP contribution in [0.5, 0.6) is 0 Å². The predicted octanol–water partition coefficient (Wildman–Crippen LogP) is 2.19. The van der Waals surface area contributed by atoms with Crippen molar-refractivity contribution in [2.75, 3.05) is 0 Å². The van der Waals surface area contributed by atoms with E-state index in [4.69, 9.17) is 10.4 Å². The van der Waals surface area contributed by atoms with Gasteiger partial charge in [-0.2, -0.15) is 5.26 Å². The van der Waals surface area contributed by atoms with Gasteiger partial charge in [-0.1, -0.05) is 28.7 Å². The number of alkyl halides is 1. The average molecular weight is 287 g/mol. The lowest BCUT2D eigenvalue weighted by Gasteiger charge is -2.01. The Morgan fingerprint density at radius 3 is 2.77 bits per heavy atom. The van der Waals surface area contributed by atoms with Gasteiger partial charge in [0.1, 0.15) is 0 Å². The van der Waals surface area contributed by atoms with E-state index in [1.165, 1.54) is 6.07 Å². The summed E-state index contributed by atoms with van der Waals surface area (Å²) in [4.78, 5) is 10.7. The lowest BCUT2D eigenvalue weighted by molar-refractivity contribution is 0.0696. The zero-order chi connectivity index (χ0) is 9.84. The van der Waals surface area contributed by atoms with Gasteiger partial charge in [-0.05, 0) is 17.7 Å². The van der Waals surface area contributed by atoms with Crippen molar-refractivity contribution in [3.63, 3.8) is 0 Å². The van der Waals surface area contributed by atoms with E-state index in [9.17, 15) is 4.79 Å². The molecule has 0 saturated heterocycles. The van der Waals surface area contributed by atoms with Gasteiger partial charge in [-0.15, -0.1) is 0 Å². The van der Waals surface area contributed by atoms with E-state index in [0.29, 0.717) is 9.99 Å². The number of halogens is 1. The molecule has 0 bridgehead atoms. The molecule has 1 rings (SSSR count). The molecule has 0 aromatic heterocycles. The van der Waals surface area contributed by atoms with Crippen molar-refractivity contribution in [2.24, 2.45) is 0 Å². The van der Waals surface area contributed by atoms with Crippen LogP contribution in [-0.2, 0) is 4.43 Å². The molecular formula is C9H6INO2. The SMILES string of the molecule is N#Cc1ccc(CI)c(C(=O)O)c1. The molecule has 3 nitrogen and oxygen atoms in total. The largest absolute Gasteiger partial charge is 0.478 e. The summed E-state index contributed by atoms with van der Waals surface area (Å²) in [6, 6.07) is 6.61. The highest BCUT2D eigenvalue weighted by Gasteiger charge is 2.09. The van der Waals surface area contributed by atoms with Gasteiger partial charge in [-0.3, -0.25) is 0 Å². The van der Waals surface area contributed by atoms with E-state index in [0.717, 1.165) is 5.56 Å². The van der Waals surface area contributed by atoms with E-state index >= 15 is 0 Å². The third-order valence-electron chi connectivity index (χ3n) is 1.61. The molecule has 1 N–H and O–H groups in total. The monoisotopic (exact) mass is 287 g/mol. The fourth-order valence-electron chi connectivity index (χ4n) is 0.962. The van der Waals surface area contributed by atoms with Crippen molar-refractivity contribution in [3.8, 4) is 6.07 Å². The summed E-state index contributed by atoms with van der Waals surface area (Å²) in [5.41, 5.74) is 1.34. The van der Waals surface area contributed by atoms with Gasteiger partial charge in [0.2, 0.25) is 0 Å². The summed E-state index contributed by atoms with van der Waals surface area (Å²) in [6.07, 6.45) is 0. The Morgan fingerprint density at radius 1 is 1.62 bits per heavy atom. The van der Waals surface area contributed by atoms with Gasteiger partial charge in [0.25, 0.3) is 0 Å². The van der Waals surface area contributed by atoms with Crippen LogP contribution in [0.25, 0.3) is 0 Å². The first kappa shape index (κ1) is 9.99. The topological polar surface area (TPSA) is 61.1 Å². The number of carboxylic acid groups (broad SMARTS) is 1. The second-order valence-electron chi connectivity index (χ2n) is 2.42. The van der Waals surface area contributed by atoms with Crippen molar-refractivity contribution in [3.05, 3.63) is 34.9 Å². The molecule has 0 unspecified atom stereocenters. The Morgan fingerprint density at radius 2 is 2.31 bits per heavy atom. The summed E-state index contributed by atoms with van der Waals surface area (Å²) in [7, 11) is 0. The molecule has 1 aromatic carbocycles. The van der Waals surface area contributed by atoms with Crippen molar-refractivity contribution < 1.29 is 9.90 Å². The quantitative estimate of drug-likeness (QED) is 0.670. The molecule has 66 valence electrons. The van der Waals surface area contributed by atoms with Gasteiger partial charge < -0.3 is 5.11 Å². The lowest BCUT2D eigenvalue weighted by atomic mass is 10.1. The van der Waals surface area contributed by atoms with Crippen LogP contribution < -0.4 is 0 Å². The van der Waals surface area contributed by atoms with Crippen LogP contribution >= 0.6 is 22.6 Å². The maximum Gasteiger partial charge on any atom is 0.336 e. The number of carbonyl (C=O) groups is 1. The van der Waals surface area contributed by atoms with Crippen molar-refractivity contribution in [2.45, 2.75) is 4.43 Å². The van der Waals surface area contributed by atoms with Gasteiger partial charge in [0, 0.05) is 4.43 Å². The van der Waals surface area contributed by atoms with Crippen molar-refractivity contribution in [1.82, 2.24) is 0 Å². The van der Waals surface area contributed by atoms with Crippen LogP contribution in [0.2, 0.25) is 0 Å². The fourth-order valence-corrected chi connectivity index (χ4v) is 1.63. The molecular weight excluding hydrogens is 281 g/mol.